The van der Waals surface area contributed by atoms with Gasteiger partial charge in [-0.05, 0) is 102 Å². The molecule has 0 bridgehead atoms. The maximum Gasteiger partial charge on any atom is 0.433 e. The summed E-state index contributed by atoms with van der Waals surface area (Å²) in [6.07, 6.45) is -7.80. The molecule has 6 rings (SSSR count). The molecule has 0 spiro atoms. The molecule has 7 nitrogen and oxygen atoms in total. The molecule has 2 aliphatic heterocycles. The van der Waals surface area contributed by atoms with Crippen LogP contribution in [0.5, 0.6) is 5.75 Å². The van der Waals surface area contributed by atoms with Gasteiger partial charge in [-0.2, -0.15) is 26.3 Å². The smallest absolute Gasteiger partial charge is 0.433 e. The first-order valence-electron chi connectivity index (χ1n) is 14.5. The summed E-state index contributed by atoms with van der Waals surface area (Å²) >= 11 is 0. The summed E-state index contributed by atoms with van der Waals surface area (Å²) in [5.74, 6) is -0.735. The maximum atomic E-state index is 14.1. The summed E-state index contributed by atoms with van der Waals surface area (Å²) < 4.78 is 88.0. The number of hydrogen-bond donors (Lipinski definition) is 2. The van der Waals surface area contributed by atoms with Crippen LogP contribution in [0.2, 0.25) is 0 Å². The number of aromatic nitrogens is 1. The standard InChI is InChI=1S/C34H27F6N3O4/c1-17-13-20(31(44)45)3-6-22(17)18-4-10-28(47-2)25(14-18)23-7-5-21(33(35,36)37)16-24(23)26-8-9-27-30(42-32(46)43(26)27)19-11-12-41-29(15-19)34(38,39)40/h3-7,10-16,26-27,30H,8-9H2,1-2H3,(H,42,46)(H,44,45)/t26-,27-,30+/m0/s1. The van der Waals surface area contributed by atoms with Gasteiger partial charge in [0, 0.05) is 11.8 Å². The van der Waals surface area contributed by atoms with Crippen LogP contribution in [0.4, 0.5) is 31.1 Å². The number of rotatable bonds is 6. The average Bonchev–Trinajstić information content (AvgIpc) is 3.60. The number of benzene rings is 3. The highest BCUT2D eigenvalue weighted by Crippen LogP contribution is 2.49. The highest BCUT2D eigenvalue weighted by atomic mass is 19.4. The van der Waals surface area contributed by atoms with Crippen LogP contribution in [0.25, 0.3) is 22.3 Å². The molecule has 2 aliphatic rings. The quantitative estimate of drug-likeness (QED) is 0.204. The van der Waals surface area contributed by atoms with E-state index in [9.17, 15) is 41.0 Å². The van der Waals surface area contributed by atoms with Crippen LogP contribution >= 0.6 is 0 Å². The van der Waals surface area contributed by atoms with Gasteiger partial charge in [-0.3, -0.25) is 4.98 Å². The van der Waals surface area contributed by atoms with Gasteiger partial charge in [-0.25, -0.2) is 9.59 Å². The average molecular weight is 656 g/mol. The van der Waals surface area contributed by atoms with E-state index in [0.29, 0.717) is 40.0 Å². The van der Waals surface area contributed by atoms with E-state index in [0.717, 1.165) is 24.4 Å². The molecule has 244 valence electrons. The molecule has 2 amide bonds. The van der Waals surface area contributed by atoms with E-state index in [4.69, 9.17) is 4.74 Å². The first-order chi connectivity index (χ1) is 22.2. The lowest BCUT2D eigenvalue weighted by molar-refractivity contribution is -0.141. The lowest BCUT2D eigenvalue weighted by atomic mass is 9.89. The Balaban J connectivity index is 1.45. The summed E-state index contributed by atoms with van der Waals surface area (Å²) in [7, 11) is 1.42. The summed E-state index contributed by atoms with van der Waals surface area (Å²) in [5.41, 5.74) is 1.30. The van der Waals surface area contributed by atoms with Crippen molar-refractivity contribution in [1.29, 1.82) is 0 Å². The van der Waals surface area contributed by atoms with E-state index in [1.54, 1.807) is 31.2 Å². The van der Waals surface area contributed by atoms with Crippen LogP contribution in [0.15, 0.2) is 72.9 Å². The Kier molecular flexibility index (Phi) is 7.89. The van der Waals surface area contributed by atoms with Gasteiger partial charge in [0.2, 0.25) is 0 Å². The number of carboxylic acids is 1. The Morgan fingerprint density at radius 3 is 2.32 bits per heavy atom. The van der Waals surface area contributed by atoms with Gasteiger partial charge in [-0.15, -0.1) is 0 Å². The SMILES string of the molecule is COc1ccc(-c2ccc(C(=O)O)cc2C)cc1-c1ccc(C(F)(F)F)cc1[C@@H]1CC[C@H]2[C@@H](c3ccnc(C(F)(F)F)c3)NC(=O)N12. The van der Waals surface area contributed by atoms with E-state index < -0.39 is 53.7 Å². The molecule has 47 heavy (non-hydrogen) atoms. The molecule has 1 aromatic heterocycles. The number of alkyl halides is 6. The molecule has 3 aromatic carbocycles. The molecule has 2 fully saturated rings. The molecule has 0 radical (unpaired) electrons. The van der Waals surface area contributed by atoms with E-state index in [-0.39, 0.29) is 23.1 Å². The fourth-order valence-electron chi connectivity index (χ4n) is 6.63. The number of nitrogens with one attached hydrogen (secondary N) is 1. The molecular formula is C34H27F6N3O4. The van der Waals surface area contributed by atoms with Crippen LogP contribution in [-0.2, 0) is 12.4 Å². The molecule has 2 N–H and O–H groups in total. The number of urea groups is 1. The number of aryl methyl sites for hydroxylation is 1. The second kappa shape index (κ2) is 11.6. The summed E-state index contributed by atoms with van der Waals surface area (Å²) in [6, 6.07) is 12.4. The third-order valence-electron chi connectivity index (χ3n) is 8.77. The van der Waals surface area contributed by atoms with Crippen molar-refractivity contribution in [1.82, 2.24) is 15.2 Å². The number of nitrogens with zero attached hydrogens (tertiary/aromatic N) is 2. The van der Waals surface area contributed by atoms with Crippen LogP contribution in [0, 0.1) is 6.92 Å². The van der Waals surface area contributed by atoms with Crippen LogP contribution in [0.3, 0.4) is 0 Å². The second-order valence-corrected chi connectivity index (χ2v) is 11.5. The molecule has 0 saturated carbocycles. The maximum absolute atomic E-state index is 14.1. The van der Waals surface area contributed by atoms with Crippen molar-refractivity contribution in [3.8, 4) is 28.0 Å². The molecule has 0 aliphatic carbocycles. The fraction of sp³-hybridized carbons (Fsp3) is 0.265. The molecule has 4 aromatic rings. The Morgan fingerprint density at radius 1 is 0.915 bits per heavy atom. The first kappa shape index (κ1) is 31.9. The van der Waals surface area contributed by atoms with Gasteiger partial charge in [0.15, 0.2) is 0 Å². The zero-order valence-corrected chi connectivity index (χ0v) is 24.9. The second-order valence-electron chi connectivity index (χ2n) is 11.5. The molecule has 13 heteroatoms. The van der Waals surface area contributed by atoms with Crippen molar-refractivity contribution in [3.63, 3.8) is 0 Å². The lowest BCUT2D eigenvalue weighted by Gasteiger charge is -2.27. The highest BCUT2D eigenvalue weighted by Gasteiger charge is 2.49. The Labute approximate surface area is 264 Å². The van der Waals surface area contributed by atoms with Crippen molar-refractivity contribution in [2.75, 3.05) is 7.11 Å². The van der Waals surface area contributed by atoms with Gasteiger partial charge < -0.3 is 20.1 Å². The molecule has 3 atom stereocenters. The molecule has 2 saturated heterocycles. The normalized spacial score (nSPS) is 19.4. The van der Waals surface area contributed by atoms with Gasteiger partial charge in [0.05, 0.1) is 36.4 Å². The van der Waals surface area contributed by atoms with Gasteiger partial charge in [-0.1, -0.05) is 18.2 Å². The summed E-state index contributed by atoms with van der Waals surface area (Å²) in [4.78, 5) is 29.7. The monoisotopic (exact) mass is 655 g/mol. The Bertz CT molecular complexity index is 1890. The number of pyridine rings is 1. The van der Waals surface area contributed by atoms with Gasteiger partial charge in [0.25, 0.3) is 0 Å². The van der Waals surface area contributed by atoms with E-state index in [1.807, 2.05) is 0 Å². The Morgan fingerprint density at radius 2 is 1.66 bits per heavy atom. The van der Waals surface area contributed by atoms with Crippen molar-refractivity contribution in [2.24, 2.45) is 0 Å². The van der Waals surface area contributed by atoms with Crippen LogP contribution in [-0.4, -0.2) is 40.1 Å². The predicted octanol–water partition coefficient (Wildman–Crippen LogP) is 8.44. The first-order valence-corrected chi connectivity index (χ1v) is 14.5. The third-order valence-corrected chi connectivity index (χ3v) is 8.77. The number of ether oxygens (including phenoxy) is 1. The van der Waals surface area contributed by atoms with E-state index in [2.05, 4.69) is 10.3 Å². The number of carbonyl (C=O) groups excluding carboxylic acids is 1. The molecule has 3 heterocycles. The zero-order chi connectivity index (χ0) is 33.8. The number of aromatic carboxylic acids is 1. The van der Waals surface area contributed by atoms with Crippen LogP contribution in [0.1, 0.15) is 63.2 Å². The zero-order valence-electron chi connectivity index (χ0n) is 24.9. The van der Waals surface area contributed by atoms with E-state index >= 15 is 0 Å². The topological polar surface area (TPSA) is 91.8 Å². The molecular weight excluding hydrogens is 628 g/mol. The third kappa shape index (κ3) is 5.85. The number of fused-ring (bicyclic) bond motifs is 1. The minimum atomic E-state index is -4.70. The van der Waals surface area contributed by atoms with E-state index in [1.165, 1.54) is 36.3 Å². The number of methoxy groups -OCH3 is 1. The van der Waals surface area contributed by atoms with Gasteiger partial charge >= 0.3 is 24.4 Å². The number of halogens is 6. The van der Waals surface area contributed by atoms with Crippen molar-refractivity contribution >= 4 is 12.0 Å². The largest absolute Gasteiger partial charge is 0.496 e. The van der Waals surface area contributed by atoms with Crippen molar-refractivity contribution in [3.05, 3.63) is 106 Å². The number of hydrogen-bond acceptors (Lipinski definition) is 4. The fourth-order valence-corrected chi connectivity index (χ4v) is 6.63. The molecule has 0 unspecified atom stereocenters. The number of carboxylic acid groups (broad SMARTS) is 1. The lowest BCUT2D eigenvalue weighted by Crippen LogP contribution is -2.32. The summed E-state index contributed by atoms with van der Waals surface area (Å²) in [5, 5.41) is 12.1. The minimum absolute atomic E-state index is 0.101. The Hall–Kier alpha value is -5.07. The number of amides is 2. The highest BCUT2D eigenvalue weighted by molar-refractivity contribution is 5.89. The van der Waals surface area contributed by atoms with Crippen LogP contribution < -0.4 is 10.1 Å². The van der Waals surface area contributed by atoms with Gasteiger partial charge in [0.1, 0.15) is 11.4 Å². The summed E-state index contributed by atoms with van der Waals surface area (Å²) in [6.45, 7) is 1.75. The van der Waals surface area contributed by atoms with Crippen molar-refractivity contribution in [2.45, 2.75) is 50.2 Å². The predicted molar refractivity (Wildman–Crippen MR) is 159 cm³/mol. The minimum Gasteiger partial charge on any atom is -0.496 e. The van der Waals surface area contributed by atoms with Crippen molar-refractivity contribution < 1.29 is 45.8 Å². The number of carbonyl (C=O) groups is 2.